The van der Waals surface area contributed by atoms with Crippen LogP contribution in [0.25, 0.3) is 0 Å². The largest absolute Gasteiger partial charge is 0.338 e. The van der Waals surface area contributed by atoms with Crippen molar-refractivity contribution in [3.05, 3.63) is 35.4 Å². The summed E-state index contributed by atoms with van der Waals surface area (Å²) in [6.45, 7) is 3.72. The molecule has 0 aliphatic carbocycles. The molecule has 2 saturated heterocycles. The molecule has 0 saturated carbocycles. The van der Waals surface area contributed by atoms with Gasteiger partial charge in [0.25, 0.3) is 5.91 Å². The van der Waals surface area contributed by atoms with Gasteiger partial charge in [0.15, 0.2) is 0 Å². The van der Waals surface area contributed by atoms with Crippen LogP contribution in [-0.4, -0.2) is 37.0 Å². The first kappa shape index (κ1) is 11.2. The van der Waals surface area contributed by atoms with Crippen molar-refractivity contribution in [2.45, 2.75) is 0 Å². The molecule has 0 spiro atoms. The molecule has 4 heteroatoms. The minimum Gasteiger partial charge on any atom is -0.338 e. The highest BCUT2D eigenvalue weighted by Gasteiger charge is 2.38. The quantitative estimate of drug-likeness (QED) is 0.793. The van der Waals surface area contributed by atoms with Crippen molar-refractivity contribution < 1.29 is 4.79 Å². The number of nitriles is 1. The Kier molecular flexibility index (Phi) is 2.77. The highest BCUT2D eigenvalue weighted by atomic mass is 16.2. The van der Waals surface area contributed by atoms with E-state index in [1.54, 1.807) is 24.3 Å². The number of hydrogen-bond acceptors (Lipinski definition) is 3. The van der Waals surface area contributed by atoms with Crippen LogP contribution in [0, 0.1) is 23.2 Å². The van der Waals surface area contributed by atoms with Gasteiger partial charge in [-0.15, -0.1) is 0 Å². The lowest BCUT2D eigenvalue weighted by molar-refractivity contribution is 0.0781. The molecule has 0 radical (unpaired) electrons. The van der Waals surface area contributed by atoms with Crippen LogP contribution in [0.2, 0.25) is 0 Å². The third-order valence-corrected chi connectivity index (χ3v) is 3.92. The molecule has 2 aliphatic rings. The Labute approximate surface area is 106 Å². The number of amides is 1. The van der Waals surface area contributed by atoms with Crippen LogP contribution in [0.5, 0.6) is 0 Å². The van der Waals surface area contributed by atoms with Gasteiger partial charge in [0.2, 0.25) is 0 Å². The number of carbonyl (C=O) groups is 1. The number of fused-ring (bicyclic) bond motifs is 1. The molecular weight excluding hydrogens is 226 g/mol. The second-order valence-corrected chi connectivity index (χ2v) is 5.08. The van der Waals surface area contributed by atoms with Gasteiger partial charge >= 0.3 is 0 Å². The molecule has 2 heterocycles. The maximum Gasteiger partial charge on any atom is 0.253 e. The van der Waals surface area contributed by atoms with Crippen molar-refractivity contribution in [3.63, 3.8) is 0 Å². The highest BCUT2D eigenvalue weighted by Crippen LogP contribution is 2.27. The fourth-order valence-corrected chi connectivity index (χ4v) is 2.93. The molecular formula is C14H15N3O. The Morgan fingerprint density at radius 1 is 1.33 bits per heavy atom. The summed E-state index contributed by atoms with van der Waals surface area (Å²) in [6.07, 6.45) is 0. The van der Waals surface area contributed by atoms with Crippen molar-refractivity contribution in [2.24, 2.45) is 11.8 Å². The molecule has 92 valence electrons. The first-order valence-corrected chi connectivity index (χ1v) is 6.28. The van der Waals surface area contributed by atoms with Crippen molar-refractivity contribution in [1.82, 2.24) is 10.2 Å². The monoisotopic (exact) mass is 241 g/mol. The molecule has 2 atom stereocenters. The molecule has 2 fully saturated rings. The number of nitrogens with zero attached hydrogens (tertiary/aromatic N) is 2. The van der Waals surface area contributed by atoms with E-state index in [0.717, 1.165) is 26.2 Å². The fourth-order valence-electron chi connectivity index (χ4n) is 2.93. The number of nitrogens with one attached hydrogen (secondary N) is 1. The Morgan fingerprint density at radius 3 is 2.72 bits per heavy atom. The summed E-state index contributed by atoms with van der Waals surface area (Å²) < 4.78 is 0. The predicted octanol–water partition coefficient (Wildman–Crippen LogP) is 0.850. The van der Waals surface area contributed by atoms with Crippen LogP contribution in [0.15, 0.2) is 24.3 Å². The van der Waals surface area contributed by atoms with Gasteiger partial charge in [0.1, 0.15) is 0 Å². The maximum absolute atomic E-state index is 12.3. The summed E-state index contributed by atoms with van der Waals surface area (Å²) in [7, 11) is 0. The molecule has 0 bridgehead atoms. The van der Waals surface area contributed by atoms with Crippen molar-refractivity contribution in [3.8, 4) is 6.07 Å². The van der Waals surface area contributed by atoms with Gasteiger partial charge in [-0.2, -0.15) is 5.26 Å². The summed E-state index contributed by atoms with van der Waals surface area (Å²) in [5.74, 6) is 1.27. The minimum atomic E-state index is 0.0569. The van der Waals surface area contributed by atoms with Gasteiger partial charge in [-0.05, 0) is 30.0 Å². The minimum absolute atomic E-state index is 0.0569. The second kappa shape index (κ2) is 4.43. The van der Waals surface area contributed by atoms with E-state index in [-0.39, 0.29) is 5.91 Å². The Morgan fingerprint density at radius 2 is 2.06 bits per heavy atom. The van der Waals surface area contributed by atoms with E-state index in [0.29, 0.717) is 23.0 Å². The average molecular weight is 241 g/mol. The van der Waals surface area contributed by atoms with Gasteiger partial charge in [-0.25, -0.2) is 0 Å². The van der Waals surface area contributed by atoms with Gasteiger partial charge in [-0.1, -0.05) is 6.07 Å². The number of benzene rings is 1. The number of rotatable bonds is 1. The first-order valence-electron chi connectivity index (χ1n) is 6.28. The van der Waals surface area contributed by atoms with Crippen LogP contribution < -0.4 is 5.32 Å². The van der Waals surface area contributed by atoms with Crippen molar-refractivity contribution in [2.75, 3.05) is 26.2 Å². The van der Waals surface area contributed by atoms with Gasteiger partial charge < -0.3 is 10.2 Å². The SMILES string of the molecule is N#Cc1cccc(C(=O)N2CC3CNCC3C2)c1. The van der Waals surface area contributed by atoms with Crippen molar-refractivity contribution in [1.29, 1.82) is 5.26 Å². The third-order valence-electron chi connectivity index (χ3n) is 3.92. The summed E-state index contributed by atoms with van der Waals surface area (Å²) in [5.41, 5.74) is 1.17. The number of hydrogen-bond donors (Lipinski definition) is 1. The molecule has 2 unspecified atom stereocenters. The smallest absolute Gasteiger partial charge is 0.253 e. The summed E-state index contributed by atoms with van der Waals surface area (Å²) in [5, 5.41) is 12.2. The molecule has 18 heavy (non-hydrogen) atoms. The van der Waals surface area contributed by atoms with E-state index < -0.39 is 0 Å². The Balaban J connectivity index is 1.77. The Bertz CT molecular complexity index is 508. The van der Waals surface area contributed by atoms with E-state index in [4.69, 9.17) is 5.26 Å². The highest BCUT2D eigenvalue weighted by molar-refractivity contribution is 5.94. The number of likely N-dealkylation sites (tertiary alicyclic amines) is 1. The van der Waals surface area contributed by atoms with Gasteiger partial charge in [-0.3, -0.25) is 4.79 Å². The van der Waals surface area contributed by atoms with Crippen LogP contribution >= 0.6 is 0 Å². The molecule has 1 aromatic rings. The van der Waals surface area contributed by atoms with Crippen LogP contribution in [0.4, 0.5) is 0 Å². The van der Waals surface area contributed by atoms with Gasteiger partial charge in [0.05, 0.1) is 11.6 Å². The number of carbonyl (C=O) groups excluding carboxylic acids is 1. The molecule has 1 N–H and O–H groups in total. The van der Waals surface area contributed by atoms with Crippen molar-refractivity contribution >= 4 is 5.91 Å². The van der Waals surface area contributed by atoms with E-state index in [1.165, 1.54) is 0 Å². The third kappa shape index (κ3) is 1.87. The summed E-state index contributed by atoms with van der Waals surface area (Å²) >= 11 is 0. The van der Waals surface area contributed by atoms with Crippen LogP contribution in [-0.2, 0) is 0 Å². The summed E-state index contributed by atoms with van der Waals surface area (Å²) in [6, 6.07) is 9.02. The molecule has 2 aliphatic heterocycles. The van der Waals surface area contributed by atoms with Crippen LogP contribution in [0.1, 0.15) is 15.9 Å². The lowest BCUT2D eigenvalue weighted by Crippen LogP contribution is -2.31. The molecule has 4 nitrogen and oxygen atoms in total. The maximum atomic E-state index is 12.3. The van der Waals surface area contributed by atoms with E-state index in [9.17, 15) is 4.79 Å². The Hall–Kier alpha value is -1.86. The zero-order valence-electron chi connectivity index (χ0n) is 10.1. The van der Waals surface area contributed by atoms with E-state index >= 15 is 0 Å². The average Bonchev–Trinajstić information content (AvgIpc) is 2.98. The topological polar surface area (TPSA) is 56.1 Å². The van der Waals surface area contributed by atoms with Gasteiger partial charge in [0, 0.05) is 31.7 Å². The van der Waals surface area contributed by atoms with E-state index in [1.807, 2.05) is 4.90 Å². The molecule has 0 aromatic heterocycles. The molecule has 3 rings (SSSR count). The second-order valence-electron chi connectivity index (χ2n) is 5.08. The predicted molar refractivity (Wildman–Crippen MR) is 66.9 cm³/mol. The molecule has 1 aromatic carbocycles. The zero-order chi connectivity index (χ0) is 12.5. The zero-order valence-corrected chi connectivity index (χ0v) is 10.1. The summed E-state index contributed by atoms with van der Waals surface area (Å²) in [4.78, 5) is 14.3. The normalized spacial score (nSPS) is 25.8. The lowest BCUT2D eigenvalue weighted by Gasteiger charge is -2.17. The first-order chi connectivity index (χ1) is 8.78. The fraction of sp³-hybridized carbons (Fsp3) is 0.429. The van der Waals surface area contributed by atoms with E-state index in [2.05, 4.69) is 11.4 Å². The molecule has 1 amide bonds. The standard InChI is InChI=1S/C14H15N3O/c15-5-10-2-1-3-11(4-10)14(18)17-8-12-6-16-7-13(12)9-17/h1-4,12-13,16H,6-9H2. The van der Waals surface area contributed by atoms with Crippen LogP contribution in [0.3, 0.4) is 0 Å². The lowest BCUT2D eigenvalue weighted by atomic mass is 10.0.